The molecule has 0 aromatic carbocycles. The van der Waals surface area contributed by atoms with E-state index >= 15 is 0 Å². The summed E-state index contributed by atoms with van der Waals surface area (Å²) >= 11 is 0. The maximum absolute atomic E-state index is 12.4. The van der Waals surface area contributed by atoms with Gasteiger partial charge in [0.1, 0.15) is 0 Å². The summed E-state index contributed by atoms with van der Waals surface area (Å²) in [4.78, 5) is 9.14. The van der Waals surface area contributed by atoms with Gasteiger partial charge in [0.15, 0.2) is 0 Å². The van der Waals surface area contributed by atoms with Gasteiger partial charge >= 0.3 is 33.2 Å². The topological polar surface area (TPSA) is 63.2 Å². The molecule has 0 spiro atoms. The minimum atomic E-state index is -6.78. The standard InChI is InChI=1S/C4HF8NO3S/c5-2(6,1(14)3(7,8)9)4(10,11)17(15,16)13-12/h13H. The van der Waals surface area contributed by atoms with Crippen LogP contribution in [0.1, 0.15) is 0 Å². The highest BCUT2D eigenvalue weighted by Gasteiger charge is 2.75. The lowest BCUT2D eigenvalue weighted by molar-refractivity contribution is -0.220. The van der Waals surface area contributed by atoms with E-state index in [1.165, 1.54) is 0 Å². The van der Waals surface area contributed by atoms with Crippen molar-refractivity contribution in [3.05, 3.63) is 0 Å². The molecule has 0 radical (unpaired) electrons. The number of carbonyl (C=O) groups is 1. The molecule has 0 aliphatic carbocycles. The summed E-state index contributed by atoms with van der Waals surface area (Å²) < 4.78 is 115. The van der Waals surface area contributed by atoms with E-state index in [4.69, 9.17) is 0 Å². The second-order valence-corrected chi connectivity index (χ2v) is 4.17. The molecule has 0 saturated carbocycles. The molecule has 0 fully saturated rings. The minimum absolute atomic E-state index is 0.783. The van der Waals surface area contributed by atoms with Gasteiger partial charge in [0.25, 0.3) is 0 Å². The third-order valence-electron chi connectivity index (χ3n) is 1.35. The number of Topliss-reactive ketones (excluding diaryl/α,β-unsaturated/α-hetero) is 1. The fourth-order valence-corrected chi connectivity index (χ4v) is 1.05. The number of ketones is 1. The van der Waals surface area contributed by atoms with Crippen molar-refractivity contribution in [3.63, 3.8) is 0 Å². The molecule has 1 N–H and O–H groups in total. The molecule has 4 nitrogen and oxygen atoms in total. The number of carbonyl (C=O) groups excluding carboxylic acids is 1. The van der Waals surface area contributed by atoms with Gasteiger partial charge in [-0.25, -0.2) is 8.42 Å². The number of hydrogen-bond donors (Lipinski definition) is 1. The van der Waals surface area contributed by atoms with Gasteiger partial charge in [-0.2, -0.15) is 30.7 Å². The molecular weight excluding hydrogens is 294 g/mol. The lowest BCUT2D eigenvalue weighted by atomic mass is 10.2. The van der Waals surface area contributed by atoms with Crippen LogP contribution in [0.5, 0.6) is 0 Å². The first kappa shape index (κ1) is 16.0. The van der Waals surface area contributed by atoms with Crippen LogP contribution < -0.4 is 4.94 Å². The van der Waals surface area contributed by atoms with Crippen LogP contribution in [0.4, 0.5) is 35.2 Å². The highest BCUT2D eigenvalue weighted by molar-refractivity contribution is 7.90. The zero-order valence-electron chi connectivity index (χ0n) is 7.16. The van der Waals surface area contributed by atoms with E-state index in [9.17, 15) is 48.4 Å². The normalized spacial score (nSPS) is 14.8. The molecule has 0 rings (SSSR count). The number of alkyl halides is 7. The second-order valence-electron chi connectivity index (χ2n) is 2.50. The van der Waals surface area contributed by atoms with Crippen LogP contribution in [0, 0.1) is 0 Å². The Kier molecular flexibility index (Phi) is 3.81. The van der Waals surface area contributed by atoms with Crippen molar-refractivity contribution in [1.29, 1.82) is 0 Å². The zero-order chi connectivity index (χ0) is 14.3. The van der Waals surface area contributed by atoms with Gasteiger partial charge in [-0.15, -0.1) is 4.48 Å². The van der Waals surface area contributed by atoms with Crippen LogP contribution in [-0.2, 0) is 14.8 Å². The monoisotopic (exact) mass is 295 g/mol. The van der Waals surface area contributed by atoms with Crippen molar-refractivity contribution in [1.82, 2.24) is 4.94 Å². The second kappa shape index (κ2) is 4.04. The molecule has 0 bridgehead atoms. The molecule has 0 heterocycles. The van der Waals surface area contributed by atoms with E-state index < -0.39 is 38.1 Å². The van der Waals surface area contributed by atoms with Crippen molar-refractivity contribution >= 4 is 15.8 Å². The van der Waals surface area contributed by atoms with Crippen molar-refractivity contribution < 1.29 is 48.4 Å². The lowest BCUT2D eigenvalue weighted by Crippen LogP contribution is -2.58. The van der Waals surface area contributed by atoms with Crippen LogP contribution in [0.15, 0.2) is 0 Å². The molecule has 0 aromatic rings. The van der Waals surface area contributed by atoms with E-state index in [0.29, 0.717) is 0 Å². The predicted octanol–water partition coefficient (Wildman–Crippen LogP) is 1.15. The molecule has 0 aliphatic rings. The summed E-state index contributed by atoms with van der Waals surface area (Å²) in [6, 6.07) is 0. The highest BCUT2D eigenvalue weighted by atomic mass is 32.2. The Labute approximate surface area is 87.6 Å². The Morgan fingerprint density at radius 1 is 0.941 bits per heavy atom. The molecule has 0 atom stereocenters. The molecule has 0 aromatic heterocycles. The molecule has 0 amide bonds. The van der Waals surface area contributed by atoms with Gasteiger partial charge in [0.2, 0.25) is 0 Å². The summed E-state index contributed by atoms with van der Waals surface area (Å²) in [6.45, 7) is 0. The summed E-state index contributed by atoms with van der Waals surface area (Å²) in [7, 11) is -6.78. The SMILES string of the molecule is O=C(C(F)(F)F)C(F)(F)C(F)(F)S(=O)(=O)NF. The first-order valence-corrected chi connectivity index (χ1v) is 4.69. The first-order chi connectivity index (χ1) is 7.22. The molecule has 0 aliphatic heterocycles. The van der Waals surface area contributed by atoms with Crippen molar-refractivity contribution in [2.75, 3.05) is 0 Å². The van der Waals surface area contributed by atoms with Crippen LogP contribution in [0.2, 0.25) is 0 Å². The van der Waals surface area contributed by atoms with Gasteiger partial charge in [0.05, 0.1) is 0 Å². The van der Waals surface area contributed by atoms with Gasteiger partial charge in [-0.05, 0) is 4.94 Å². The molecule has 0 unspecified atom stereocenters. The van der Waals surface area contributed by atoms with Crippen molar-refractivity contribution in [3.8, 4) is 0 Å². The number of nitrogens with one attached hydrogen (secondary N) is 1. The summed E-state index contributed by atoms with van der Waals surface area (Å²) in [6.07, 6.45) is -6.42. The number of sulfonamides is 1. The number of halogens is 8. The maximum Gasteiger partial charge on any atom is 0.456 e. The van der Waals surface area contributed by atoms with Gasteiger partial charge < -0.3 is 0 Å². The number of hydrogen-bond acceptors (Lipinski definition) is 3. The summed E-state index contributed by atoms with van der Waals surface area (Å²) in [5.41, 5.74) is 0. The summed E-state index contributed by atoms with van der Waals surface area (Å²) in [5, 5.41) is -6.60. The predicted molar refractivity (Wildman–Crippen MR) is 34.1 cm³/mol. The van der Waals surface area contributed by atoms with E-state index in [-0.39, 0.29) is 0 Å². The fraction of sp³-hybridized carbons (Fsp3) is 0.750. The average molecular weight is 295 g/mol. The fourth-order valence-electron chi connectivity index (χ4n) is 0.527. The van der Waals surface area contributed by atoms with Crippen LogP contribution in [0.25, 0.3) is 0 Å². The third kappa shape index (κ3) is 2.48. The molecular formula is C4HF8NO3S. The van der Waals surface area contributed by atoms with Crippen molar-refractivity contribution in [2.24, 2.45) is 0 Å². The molecule has 17 heavy (non-hydrogen) atoms. The van der Waals surface area contributed by atoms with Crippen molar-refractivity contribution in [2.45, 2.75) is 17.4 Å². The Balaban J connectivity index is 5.71. The minimum Gasteiger partial charge on any atom is -0.282 e. The van der Waals surface area contributed by atoms with Crippen LogP contribution in [0.3, 0.4) is 0 Å². The maximum atomic E-state index is 12.4. The molecule has 102 valence electrons. The quantitative estimate of drug-likeness (QED) is 0.625. The average Bonchev–Trinajstić information content (AvgIpc) is 2.14. The largest absolute Gasteiger partial charge is 0.456 e. The zero-order valence-corrected chi connectivity index (χ0v) is 7.97. The van der Waals surface area contributed by atoms with Gasteiger partial charge in [-0.3, -0.25) is 4.79 Å². The molecule has 0 saturated heterocycles. The lowest BCUT2D eigenvalue weighted by Gasteiger charge is -2.24. The number of rotatable bonds is 4. The smallest absolute Gasteiger partial charge is 0.282 e. The van der Waals surface area contributed by atoms with E-state index in [2.05, 4.69) is 0 Å². The molecule has 13 heteroatoms. The Bertz CT molecular complexity index is 411. The first-order valence-electron chi connectivity index (χ1n) is 3.21. The van der Waals surface area contributed by atoms with E-state index in [1.807, 2.05) is 0 Å². The van der Waals surface area contributed by atoms with E-state index in [0.717, 1.165) is 0 Å². The van der Waals surface area contributed by atoms with Crippen LogP contribution in [-0.4, -0.2) is 31.6 Å². The Morgan fingerprint density at radius 3 is 1.53 bits per heavy atom. The van der Waals surface area contributed by atoms with E-state index in [1.54, 1.807) is 0 Å². The van der Waals surface area contributed by atoms with Crippen LogP contribution >= 0.6 is 0 Å². The summed E-state index contributed by atoms with van der Waals surface area (Å²) in [5.74, 6) is -11.0. The Morgan fingerprint density at radius 2 is 1.29 bits per heavy atom. The third-order valence-corrected chi connectivity index (χ3v) is 2.48. The Hall–Kier alpha value is -0.980. The highest BCUT2D eigenvalue weighted by Crippen LogP contribution is 2.42. The van der Waals surface area contributed by atoms with Gasteiger partial charge in [0, 0.05) is 0 Å². The van der Waals surface area contributed by atoms with Gasteiger partial charge in [-0.1, -0.05) is 0 Å².